The quantitative estimate of drug-likeness (QED) is 0.513. The smallest absolute Gasteiger partial charge is 0.270 e. The molecular weight excluding hydrogens is 315 g/mol. The zero-order valence-electron chi connectivity index (χ0n) is 12.5. The van der Waals surface area contributed by atoms with E-state index in [1.54, 1.807) is 28.9 Å². The molecule has 1 heterocycles. The molecule has 3 aromatic rings. The molecule has 0 aliphatic heterocycles. The lowest BCUT2D eigenvalue weighted by molar-refractivity contribution is -0.384. The Hall–Kier alpha value is -3.29. The second-order valence-electron chi connectivity index (χ2n) is 4.94. The lowest BCUT2D eigenvalue weighted by Gasteiger charge is -2.05. The largest absolute Gasteiger partial charge is 0.492 e. The van der Waals surface area contributed by atoms with E-state index in [-0.39, 0.29) is 11.5 Å². The Balaban J connectivity index is 1.62. The zero-order valence-corrected chi connectivity index (χ0v) is 12.5. The van der Waals surface area contributed by atoms with E-state index in [9.17, 15) is 14.5 Å². The number of hydrogen-bond donors (Lipinski definition) is 0. The Morgan fingerprint density at radius 3 is 2.75 bits per heavy atom. The summed E-state index contributed by atoms with van der Waals surface area (Å²) in [4.78, 5) is 14.5. The number of halogens is 1. The van der Waals surface area contributed by atoms with Crippen LogP contribution in [0, 0.1) is 15.9 Å². The Kier molecular flexibility index (Phi) is 4.46. The summed E-state index contributed by atoms with van der Waals surface area (Å²) in [5, 5.41) is 15.1. The fraction of sp³-hybridized carbons (Fsp3) is 0.125. The van der Waals surface area contributed by atoms with Gasteiger partial charge in [0.05, 0.1) is 11.5 Å². The van der Waals surface area contributed by atoms with Crippen molar-refractivity contribution in [1.82, 2.24) is 14.8 Å². The van der Waals surface area contributed by atoms with Gasteiger partial charge in [0.15, 0.2) is 5.82 Å². The first-order valence-corrected chi connectivity index (χ1v) is 7.14. The van der Waals surface area contributed by atoms with Crippen molar-refractivity contribution in [2.45, 2.75) is 6.54 Å². The SMILES string of the molecule is O=[N+]([O-])c1cccc(-c2ncn(CCOc3ccc(F)cc3)n2)c1. The van der Waals surface area contributed by atoms with E-state index in [4.69, 9.17) is 4.74 Å². The second-order valence-corrected chi connectivity index (χ2v) is 4.94. The molecule has 0 atom stereocenters. The van der Waals surface area contributed by atoms with Crippen LogP contribution in [0.3, 0.4) is 0 Å². The van der Waals surface area contributed by atoms with Gasteiger partial charge in [0.2, 0.25) is 0 Å². The summed E-state index contributed by atoms with van der Waals surface area (Å²) in [5.74, 6) is 0.649. The van der Waals surface area contributed by atoms with Crippen molar-refractivity contribution in [2.75, 3.05) is 6.61 Å². The van der Waals surface area contributed by atoms with Crippen molar-refractivity contribution >= 4 is 5.69 Å². The van der Waals surface area contributed by atoms with Crippen LogP contribution in [0.1, 0.15) is 0 Å². The lowest BCUT2D eigenvalue weighted by Crippen LogP contribution is -2.08. The molecule has 0 radical (unpaired) electrons. The number of benzene rings is 2. The topological polar surface area (TPSA) is 83.1 Å². The molecule has 0 unspecified atom stereocenters. The standard InChI is InChI=1S/C16H13FN4O3/c17-13-4-6-15(7-5-13)24-9-8-20-11-18-16(19-20)12-2-1-3-14(10-12)21(22)23/h1-7,10-11H,8-9H2. The maximum Gasteiger partial charge on any atom is 0.270 e. The number of nitrogens with zero attached hydrogens (tertiary/aromatic N) is 4. The first-order valence-electron chi connectivity index (χ1n) is 7.14. The van der Waals surface area contributed by atoms with Gasteiger partial charge in [-0.1, -0.05) is 12.1 Å². The van der Waals surface area contributed by atoms with Gasteiger partial charge in [-0.05, 0) is 24.3 Å². The highest BCUT2D eigenvalue weighted by atomic mass is 19.1. The van der Waals surface area contributed by atoms with E-state index in [0.717, 1.165) is 0 Å². The van der Waals surface area contributed by atoms with Crippen LogP contribution < -0.4 is 4.74 Å². The van der Waals surface area contributed by atoms with E-state index in [2.05, 4.69) is 10.1 Å². The molecule has 2 aromatic carbocycles. The summed E-state index contributed by atoms with van der Waals surface area (Å²) in [6, 6.07) is 11.9. The molecule has 7 nitrogen and oxygen atoms in total. The predicted octanol–water partition coefficient (Wildman–Crippen LogP) is 3.07. The molecule has 0 aliphatic rings. The van der Waals surface area contributed by atoms with Crippen molar-refractivity contribution in [3.8, 4) is 17.1 Å². The number of nitro groups is 1. The number of nitro benzene ring substituents is 1. The molecule has 0 fully saturated rings. The van der Waals surface area contributed by atoms with Gasteiger partial charge in [0.1, 0.15) is 24.5 Å². The average molecular weight is 328 g/mol. The highest BCUT2D eigenvalue weighted by molar-refractivity contribution is 5.58. The first kappa shape index (κ1) is 15.6. The summed E-state index contributed by atoms with van der Waals surface area (Å²) in [5.41, 5.74) is 0.561. The van der Waals surface area contributed by atoms with Gasteiger partial charge in [0, 0.05) is 17.7 Å². The summed E-state index contributed by atoms with van der Waals surface area (Å²) in [6.45, 7) is 0.780. The molecule has 0 aliphatic carbocycles. The molecule has 8 heteroatoms. The van der Waals surface area contributed by atoms with Gasteiger partial charge >= 0.3 is 0 Å². The highest BCUT2D eigenvalue weighted by Crippen LogP contribution is 2.20. The van der Waals surface area contributed by atoms with Crippen molar-refractivity contribution < 1.29 is 14.1 Å². The monoisotopic (exact) mass is 328 g/mol. The lowest BCUT2D eigenvalue weighted by atomic mass is 10.2. The molecule has 1 aromatic heterocycles. The Bertz CT molecular complexity index is 849. The summed E-state index contributed by atoms with van der Waals surface area (Å²) in [7, 11) is 0. The van der Waals surface area contributed by atoms with Gasteiger partial charge in [0.25, 0.3) is 5.69 Å². The molecule has 0 N–H and O–H groups in total. The minimum Gasteiger partial charge on any atom is -0.492 e. The molecule has 122 valence electrons. The third-order valence-corrected chi connectivity index (χ3v) is 3.25. The molecule has 3 rings (SSSR count). The molecule has 0 saturated carbocycles. The van der Waals surface area contributed by atoms with Gasteiger partial charge in [-0.3, -0.25) is 10.1 Å². The van der Waals surface area contributed by atoms with Crippen molar-refractivity contribution in [3.05, 3.63) is 70.8 Å². The number of rotatable bonds is 6. The van der Waals surface area contributed by atoms with Crippen molar-refractivity contribution in [2.24, 2.45) is 0 Å². The number of ether oxygens (including phenoxy) is 1. The molecule has 0 amide bonds. The maximum absolute atomic E-state index is 12.8. The van der Waals surface area contributed by atoms with E-state index in [0.29, 0.717) is 30.3 Å². The Labute approximate surface area is 136 Å². The molecule has 24 heavy (non-hydrogen) atoms. The van der Waals surface area contributed by atoms with Gasteiger partial charge < -0.3 is 4.74 Å². The van der Waals surface area contributed by atoms with Crippen LogP contribution in [0.4, 0.5) is 10.1 Å². The van der Waals surface area contributed by atoms with E-state index in [1.165, 1.54) is 30.6 Å². The third-order valence-electron chi connectivity index (χ3n) is 3.25. The van der Waals surface area contributed by atoms with E-state index in [1.807, 2.05) is 0 Å². The number of hydrogen-bond acceptors (Lipinski definition) is 5. The van der Waals surface area contributed by atoms with Crippen LogP contribution in [0.25, 0.3) is 11.4 Å². The van der Waals surface area contributed by atoms with E-state index >= 15 is 0 Å². The van der Waals surface area contributed by atoms with E-state index < -0.39 is 4.92 Å². The normalized spacial score (nSPS) is 10.5. The van der Waals surface area contributed by atoms with Crippen LogP contribution in [-0.4, -0.2) is 26.3 Å². The molecular formula is C16H13FN4O3. The Morgan fingerprint density at radius 1 is 1.21 bits per heavy atom. The van der Waals surface area contributed by atoms with Crippen LogP contribution >= 0.6 is 0 Å². The minimum absolute atomic E-state index is 0.0107. The zero-order chi connectivity index (χ0) is 16.9. The van der Waals surface area contributed by atoms with Crippen LogP contribution in [-0.2, 0) is 6.54 Å². The van der Waals surface area contributed by atoms with Gasteiger partial charge in [-0.15, -0.1) is 0 Å². The maximum atomic E-state index is 12.8. The average Bonchev–Trinajstić information content (AvgIpc) is 3.06. The Morgan fingerprint density at radius 2 is 2.00 bits per heavy atom. The van der Waals surface area contributed by atoms with Gasteiger partial charge in [-0.25, -0.2) is 14.1 Å². The second kappa shape index (κ2) is 6.86. The fourth-order valence-corrected chi connectivity index (χ4v) is 2.08. The summed E-state index contributed by atoms with van der Waals surface area (Å²) < 4.78 is 19.9. The summed E-state index contributed by atoms with van der Waals surface area (Å²) >= 11 is 0. The van der Waals surface area contributed by atoms with Crippen LogP contribution in [0.5, 0.6) is 5.75 Å². The fourth-order valence-electron chi connectivity index (χ4n) is 2.08. The summed E-state index contributed by atoms with van der Waals surface area (Å²) in [6.07, 6.45) is 1.53. The molecule has 0 bridgehead atoms. The molecule has 0 saturated heterocycles. The number of aromatic nitrogens is 3. The van der Waals surface area contributed by atoms with Crippen LogP contribution in [0.15, 0.2) is 54.9 Å². The first-order chi connectivity index (χ1) is 11.6. The predicted molar refractivity (Wildman–Crippen MR) is 84.0 cm³/mol. The number of non-ortho nitro benzene ring substituents is 1. The highest BCUT2D eigenvalue weighted by Gasteiger charge is 2.10. The van der Waals surface area contributed by atoms with Crippen molar-refractivity contribution in [1.29, 1.82) is 0 Å². The van der Waals surface area contributed by atoms with Crippen LogP contribution in [0.2, 0.25) is 0 Å². The minimum atomic E-state index is -0.461. The molecule has 0 spiro atoms. The third kappa shape index (κ3) is 3.72. The van der Waals surface area contributed by atoms with Crippen molar-refractivity contribution in [3.63, 3.8) is 0 Å². The van der Waals surface area contributed by atoms with Gasteiger partial charge in [-0.2, -0.15) is 5.10 Å².